The third-order valence-electron chi connectivity index (χ3n) is 1.91. The van der Waals surface area contributed by atoms with Gasteiger partial charge in [-0.3, -0.25) is 0 Å². The SMILES string of the molecule is COCCNCCOc1ccc(Cl)cc1Br. The van der Waals surface area contributed by atoms with Gasteiger partial charge >= 0.3 is 0 Å². The smallest absolute Gasteiger partial charge is 0.133 e. The van der Waals surface area contributed by atoms with E-state index in [-0.39, 0.29) is 0 Å². The summed E-state index contributed by atoms with van der Waals surface area (Å²) in [5, 5.41) is 3.89. The molecule has 0 aromatic heterocycles. The minimum atomic E-state index is 0.615. The lowest BCUT2D eigenvalue weighted by atomic mass is 10.3. The van der Waals surface area contributed by atoms with Gasteiger partial charge in [-0.1, -0.05) is 11.6 Å². The molecule has 90 valence electrons. The standard InChI is InChI=1S/C11H15BrClNO2/c1-15-6-4-14-5-7-16-11-3-2-9(13)8-10(11)12/h2-3,8,14H,4-7H2,1H3. The van der Waals surface area contributed by atoms with Crippen LogP contribution in [-0.4, -0.2) is 33.4 Å². The summed E-state index contributed by atoms with van der Waals surface area (Å²) in [6, 6.07) is 5.47. The van der Waals surface area contributed by atoms with Crippen LogP contribution in [-0.2, 0) is 4.74 Å². The highest BCUT2D eigenvalue weighted by Gasteiger charge is 2.00. The second-order valence-corrected chi connectivity index (χ2v) is 4.46. The minimum absolute atomic E-state index is 0.615. The van der Waals surface area contributed by atoms with E-state index in [0.29, 0.717) is 18.2 Å². The first-order valence-corrected chi connectivity index (χ1v) is 6.18. The molecule has 0 saturated carbocycles. The number of hydrogen-bond acceptors (Lipinski definition) is 3. The Morgan fingerprint density at radius 3 is 2.75 bits per heavy atom. The van der Waals surface area contributed by atoms with Gasteiger partial charge in [0, 0.05) is 25.2 Å². The summed E-state index contributed by atoms with van der Waals surface area (Å²) in [7, 11) is 1.68. The highest BCUT2D eigenvalue weighted by Crippen LogP contribution is 2.27. The normalized spacial score (nSPS) is 10.4. The van der Waals surface area contributed by atoms with E-state index in [2.05, 4.69) is 21.2 Å². The highest BCUT2D eigenvalue weighted by molar-refractivity contribution is 9.10. The van der Waals surface area contributed by atoms with Crippen molar-refractivity contribution in [2.75, 3.05) is 33.4 Å². The molecule has 16 heavy (non-hydrogen) atoms. The second kappa shape index (κ2) is 7.90. The van der Waals surface area contributed by atoms with Crippen molar-refractivity contribution in [3.05, 3.63) is 27.7 Å². The number of rotatable bonds is 7. The van der Waals surface area contributed by atoms with E-state index < -0.39 is 0 Å². The molecule has 3 nitrogen and oxygen atoms in total. The van der Waals surface area contributed by atoms with E-state index in [1.807, 2.05) is 12.1 Å². The highest BCUT2D eigenvalue weighted by atomic mass is 79.9. The Balaban J connectivity index is 2.21. The predicted octanol–water partition coefficient (Wildman–Crippen LogP) is 2.72. The second-order valence-electron chi connectivity index (χ2n) is 3.17. The molecular formula is C11H15BrClNO2. The van der Waals surface area contributed by atoms with Gasteiger partial charge in [-0.15, -0.1) is 0 Å². The number of methoxy groups -OCH3 is 1. The van der Waals surface area contributed by atoms with Crippen molar-refractivity contribution >= 4 is 27.5 Å². The van der Waals surface area contributed by atoms with Gasteiger partial charge in [0.25, 0.3) is 0 Å². The maximum Gasteiger partial charge on any atom is 0.133 e. The molecule has 1 aromatic rings. The zero-order chi connectivity index (χ0) is 11.8. The third-order valence-corrected chi connectivity index (χ3v) is 2.77. The van der Waals surface area contributed by atoms with Crippen LogP contribution < -0.4 is 10.1 Å². The number of ether oxygens (including phenoxy) is 2. The molecular weight excluding hydrogens is 293 g/mol. The lowest BCUT2D eigenvalue weighted by molar-refractivity contribution is 0.196. The van der Waals surface area contributed by atoms with Crippen molar-refractivity contribution in [3.63, 3.8) is 0 Å². The quantitative estimate of drug-likeness (QED) is 0.786. The van der Waals surface area contributed by atoms with Crippen molar-refractivity contribution in [2.45, 2.75) is 0 Å². The van der Waals surface area contributed by atoms with E-state index >= 15 is 0 Å². The Bertz CT molecular complexity index is 323. The summed E-state index contributed by atoms with van der Waals surface area (Å²) < 4.78 is 11.3. The zero-order valence-corrected chi connectivity index (χ0v) is 11.5. The molecule has 0 atom stereocenters. The average Bonchev–Trinajstić information content (AvgIpc) is 2.26. The topological polar surface area (TPSA) is 30.5 Å². The molecule has 0 aliphatic heterocycles. The molecule has 0 fully saturated rings. The molecule has 0 aliphatic rings. The Kier molecular flexibility index (Phi) is 6.80. The molecule has 0 radical (unpaired) electrons. The Morgan fingerprint density at radius 2 is 2.06 bits per heavy atom. The molecule has 0 saturated heterocycles. The summed E-state index contributed by atoms with van der Waals surface area (Å²) in [4.78, 5) is 0. The van der Waals surface area contributed by atoms with Crippen molar-refractivity contribution in [1.82, 2.24) is 5.32 Å². The Morgan fingerprint density at radius 1 is 1.31 bits per heavy atom. The predicted molar refractivity (Wildman–Crippen MR) is 69.4 cm³/mol. The fourth-order valence-electron chi connectivity index (χ4n) is 1.12. The largest absolute Gasteiger partial charge is 0.491 e. The number of halogens is 2. The molecule has 1 rings (SSSR count). The fraction of sp³-hybridized carbons (Fsp3) is 0.455. The summed E-state index contributed by atoms with van der Waals surface area (Å²) in [6.07, 6.45) is 0. The zero-order valence-electron chi connectivity index (χ0n) is 9.13. The van der Waals surface area contributed by atoms with E-state index in [9.17, 15) is 0 Å². The first-order valence-electron chi connectivity index (χ1n) is 5.01. The number of hydrogen-bond donors (Lipinski definition) is 1. The molecule has 0 aliphatic carbocycles. The van der Waals surface area contributed by atoms with Crippen LogP contribution in [0.2, 0.25) is 5.02 Å². The van der Waals surface area contributed by atoms with Gasteiger partial charge in [0.1, 0.15) is 12.4 Å². The van der Waals surface area contributed by atoms with Crippen LogP contribution in [0.1, 0.15) is 0 Å². The van der Waals surface area contributed by atoms with Crippen molar-refractivity contribution in [1.29, 1.82) is 0 Å². The molecule has 0 heterocycles. The van der Waals surface area contributed by atoms with Gasteiger partial charge < -0.3 is 14.8 Å². The molecule has 0 spiro atoms. The van der Waals surface area contributed by atoms with Crippen molar-refractivity contribution < 1.29 is 9.47 Å². The lowest BCUT2D eigenvalue weighted by Gasteiger charge is -2.09. The number of nitrogens with one attached hydrogen (secondary N) is 1. The fourth-order valence-corrected chi connectivity index (χ4v) is 1.92. The number of benzene rings is 1. The van der Waals surface area contributed by atoms with E-state index in [1.54, 1.807) is 13.2 Å². The first kappa shape index (κ1) is 13.8. The molecule has 5 heteroatoms. The average molecular weight is 309 g/mol. The van der Waals surface area contributed by atoms with Crippen molar-refractivity contribution in [3.8, 4) is 5.75 Å². The Labute approximate surface area is 109 Å². The molecule has 0 unspecified atom stereocenters. The first-order chi connectivity index (χ1) is 7.74. The summed E-state index contributed by atoms with van der Waals surface area (Å²) in [5.74, 6) is 0.804. The van der Waals surface area contributed by atoms with Gasteiger partial charge in [0.05, 0.1) is 11.1 Å². The van der Waals surface area contributed by atoms with Gasteiger partial charge in [-0.2, -0.15) is 0 Å². The van der Waals surface area contributed by atoms with E-state index in [4.69, 9.17) is 21.1 Å². The van der Waals surface area contributed by atoms with Crippen LogP contribution >= 0.6 is 27.5 Å². The monoisotopic (exact) mass is 307 g/mol. The van der Waals surface area contributed by atoms with Crippen LogP contribution in [0.3, 0.4) is 0 Å². The van der Waals surface area contributed by atoms with E-state index in [0.717, 1.165) is 23.3 Å². The van der Waals surface area contributed by atoms with Crippen LogP contribution in [0, 0.1) is 0 Å². The van der Waals surface area contributed by atoms with Gasteiger partial charge in [-0.25, -0.2) is 0 Å². The van der Waals surface area contributed by atoms with Crippen molar-refractivity contribution in [2.24, 2.45) is 0 Å². The maximum atomic E-state index is 5.82. The Hall–Kier alpha value is -0.290. The third kappa shape index (κ3) is 5.16. The van der Waals surface area contributed by atoms with Crippen LogP contribution in [0.15, 0.2) is 22.7 Å². The van der Waals surface area contributed by atoms with Crippen LogP contribution in [0.5, 0.6) is 5.75 Å². The van der Waals surface area contributed by atoms with Gasteiger partial charge in [-0.05, 0) is 34.1 Å². The lowest BCUT2D eigenvalue weighted by Crippen LogP contribution is -2.24. The molecule has 1 aromatic carbocycles. The van der Waals surface area contributed by atoms with Crippen LogP contribution in [0.4, 0.5) is 0 Å². The molecule has 0 bridgehead atoms. The summed E-state index contributed by atoms with van der Waals surface area (Å²) in [6.45, 7) is 2.95. The van der Waals surface area contributed by atoms with Gasteiger partial charge in [0.2, 0.25) is 0 Å². The van der Waals surface area contributed by atoms with E-state index in [1.165, 1.54) is 0 Å². The summed E-state index contributed by atoms with van der Waals surface area (Å²) >= 11 is 9.21. The van der Waals surface area contributed by atoms with Crippen LogP contribution in [0.25, 0.3) is 0 Å². The maximum absolute atomic E-state index is 5.82. The van der Waals surface area contributed by atoms with Gasteiger partial charge in [0.15, 0.2) is 0 Å². The summed E-state index contributed by atoms with van der Waals surface area (Å²) in [5.41, 5.74) is 0. The molecule has 0 amide bonds. The minimum Gasteiger partial charge on any atom is -0.491 e. The molecule has 1 N–H and O–H groups in total.